The Morgan fingerprint density at radius 2 is 1.87 bits per heavy atom. The SMILES string of the molecule is NC(=O)Cn1cc(/C=C2\SC(=O)N(Cc3ccc(Cl)c(Cl)c3)C2=O)c2ccccc21. The lowest BCUT2D eigenvalue weighted by atomic mass is 10.1. The summed E-state index contributed by atoms with van der Waals surface area (Å²) in [7, 11) is 0. The molecule has 1 aliphatic heterocycles. The number of carbonyl (C=O) groups excluding carboxylic acids is 3. The number of nitrogens with two attached hydrogens (primary N) is 1. The highest BCUT2D eigenvalue weighted by Crippen LogP contribution is 2.35. The third kappa shape index (κ3) is 3.96. The monoisotopic (exact) mass is 459 g/mol. The first-order chi connectivity index (χ1) is 14.3. The molecule has 9 heteroatoms. The zero-order chi connectivity index (χ0) is 21.4. The van der Waals surface area contributed by atoms with Crippen molar-refractivity contribution in [2.75, 3.05) is 0 Å². The molecule has 1 aromatic heterocycles. The predicted octanol–water partition coefficient (Wildman–Crippen LogP) is 4.67. The maximum absolute atomic E-state index is 12.9. The molecule has 152 valence electrons. The van der Waals surface area contributed by atoms with Crippen LogP contribution >= 0.6 is 35.0 Å². The number of carbonyl (C=O) groups is 3. The van der Waals surface area contributed by atoms with Gasteiger partial charge in [0, 0.05) is 22.7 Å². The van der Waals surface area contributed by atoms with E-state index in [-0.39, 0.29) is 24.2 Å². The molecule has 0 atom stereocenters. The minimum atomic E-state index is -0.468. The second-order valence-electron chi connectivity index (χ2n) is 6.71. The number of amides is 3. The van der Waals surface area contributed by atoms with Crippen LogP contribution in [0, 0.1) is 0 Å². The molecule has 1 fully saturated rings. The number of halogens is 2. The molecule has 0 spiro atoms. The van der Waals surface area contributed by atoms with Crippen molar-refractivity contribution in [3.8, 4) is 0 Å². The van der Waals surface area contributed by atoms with Crippen LogP contribution in [-0.4, -0.2) is 26.5 Å². The Morgan fingerprint density at radius 1 is 1.10 bits per heavy atom. The first kappa shape index (κ1) is 20.5. The summed E-state index contributed by atoms with van der Waals surface area (Å²) in [6, 6.07) is 12.5. The van der Waals surface area contributed by atoms with Gasteiger partial charge in [-0.15, -0.1) is 0 Å². The summed E-state index contributed by atoms with van der Waals surface area (Å²) in [6.07, 6.45) is 3.42. The molecular formula is C21H15Cl2N3O3S. The van der Waals surface area contributed by atoms with Gasteiger partial charge >= 0.3 is 0 Å². The normalized spacial score (nSPS) is 15.5. The lowest BCUT2D eigenvalue weighted by molar-refractivity contribution is -0.123. The summed E-state index contributed by atoms with van der Waals surface area (Å²) in [4.78, 5) is 38.2. The van der Waals surface area contributed by atoms with Crippen molar-refractivity contribution in [2.45, 2.75) is 13.1 Å². The first-order valence-corrected chi connectivity index (χ1v) is 10.5. The van der Waals surface area contributed by atoms with Crippen LogP contribution in [0.5, 0.6) is 0 Å². The van der Waals surface area contributed by atoms with E-state index in [1.807, 2.05) is 24.3 Å². The quantitative estimate of drug-likeness (QED) is 0.561. The fourth-order valence-electron chi connectivity index (χ4n) is 3.29. The summed E-state index contributed by atoms with van der Waals surface area (Å²) < 4.78 is 1.73. The number of hydrogen-bond acceptors (Lipinski definition) is 4. The maximum atomic E-state index is 12.9. The predicted molar refractivity (Wildman–Crippen MR) is 119 cm³/mol. The van der Waals surface area contributed by atoms with E-state index >= 15 is 0 Å². The average Bonchev–Trinajstić information content (AvgIpc) is 3.17. The third-order valence-electron chi connectivity index (χ3n) is 4.63. The lowest BCUT2D eigenvalue weighted by Gasteiger charge is -2.12. The smallest absolute Gasteiger partial charge is 0.293 e. The number of benzene rings is 2. The Labute approximate surface area is 186 Å². The van der Waals surface area contributed by atoms with Crippen molar-refractivity contribution in [3.63, 3.8) is 0 Å². The lowest BCUT2D eigenvalue weighted by Crippen LogP contribution is -2.27. The molecule has 0 radical (unpaired) electrons. The van der Waals surface area contributed by atoms with Gasteiger partial charge < -0.3 is 10.3 Å². The van der Waals surface area contributed by atoms with Gasteiger partial charge in [-0.2, -0.15) is 0 Å². The standard InChI is InChI=1S/C21H15Cl2N3O3S/c22-15-6-5-12(7-16(15)23)9-26-20(28)18(30-21(26)29)8-13-10-25(11-19(24)27)17-4-2-1-3-14(13)17/h1-8,10H,9,11H2,(H2,24,27)/b18-8-. The van der Waals surface area contributed by atoms with Gasteiger partial charge in [0.05, 0.1) is 21.5 Å². The number of rotatable bonds is 5. The van der Waals surface area contributed by atoms with Crippen molar-refractivity contribution in [1.29, 1.82) is 0 Å². The van der Waals surface area contributed by atoms with E-state index in [0.29, 0.717) is 20.5 Å². The van der Waals surface area contributed by atoms with Crippen LogP contribution in [0.15, 0.2) is 53.6 Å². The fraction of sp³-hybridized carbons (Fsp3) is 0.0952. The minimum Gasteiger partial charge on any atom is -0.368 e. The molecule has 0 saturated carbocycles. The van der Waals surface area contributed by atoms with Crippen LogP contribution in [0.3, 0.4) is 0 Å². The molecule has 0 aliphatic carbocycles. The minimum absolute atomic E-state index is 0.0210. The summed E-state index contributed by atoms with van der Waals surface area (Å²) >= 11 is 12.8. The van der Waals surface area contributed by atoms with Gasteiger partial charge in [-0.05, 0) is 41.6 Å². The highest BCUT2D eigenvalue weighted by Gasteiger charge is 2.35. The molecule has 0 unspecified atom stereocenters. The number of imide groups is 1. The number of hydrogen-bond donors (Lipinski definition) is 1. The molecule has 2 heterocycles. The van der Waals surface area contributed by atoms with Crippen molar-refractivity contribution in [2.24, 2.45) is 5.73 Å². The van der Waals surface area contributed by atoms with E-state index in [1.54, 1.807) is 35.0 Å². The van der Waals surface area contributed by atoms with E-state index in [1.165, 1.54) is 4.90 Å². The Kier molecular flexibility index (Phi) is 5.60. The first-order valence-electron chi connectivity index (χ1n) is 8.89. The highest BCUT2D eigenvalue weighted by atomic mass is 35.5. The second kappa shape index (κ2) is 8.18. The number of nitrogens with zero attached hydrogens (tertiary/aromatic N) is 2. The summed E-state index contributed by atoms with van der Waals surface area (Å²) in [5, 5.41) is 1.26. The van der Waals surface area contributed by atoms with Crippen LogP contribution in [0.2, 0.25) is 10.0 Å². The molecule has 3 aromatic rings. The molecule has 30 heavy (non-hydrogen) atoms. The number of fused-ring (bicyclic) bond motifs is 1. The van der Waals surface area contributed by atoms with E-state index in [0.717, 1.165) is 28.2 Å². The number of aromatic nitrogens is 1. The van der Waals surface area contributed by atoms with Gasteiger partial charge in [0.2, 0.25) is 5.91 Å². The molecule has 0 bridgehead atoms. The molecule has 6 nitrogen and oxygen atoms in total. The Morgan fingerprint density at radius 3 is 2.60 bits per heavy atom. The molecule has 2 aromatic carbocycles. The van der Waals surface area contributed by atoms with Crippen LogP contribution in [0.25, 0.3) is 17.0 Å². The zero-order valence-corrected chi connectivity index (χ0v) is 17.8. The zero-order valence-electron chi connectivity index (χ0n) is 15.5. The van der Waals surface area contributed by atoms with Crippen LogP contribution < -0.4 is 5.73 Å². The maximum Gasteiger partial charge on any atom is 0.293 e. The van der Waals surface area contributed by atoms with E-state index in [9.17, 15) is 14.4 Å². The number of thioether (sulfide) groups is 1. The van der Waals surface area contributed by atoms with Crippen molar-refractivity contribution in [1.82, 2.24) is 9.47 Å². The topological polar surface area (TPSA) is 85.4 Å². The third-order valence-corrected chi connectivity index (χ3v) is 6.28. The van der Waals surface area contributed by atoms with Gasteiger partial charge in [0.15, 0.2) is 0 Å². The number of primary amides is 1. The highest BCUT2D eigenvalue weighted by molar-refractivity contribution is 8.18. The van der Waals surface area contributed by atoms with Gasteiger partial charge in [-0.1, -0.05) is 47.5 Å². The van der Waals surface area contributed by atoms with Crippen LogP contribution in [0.1, 0.15) is 11.1 Å². The van der Waals surface area contributed by atoms with Crippen LogP contribution in [-0.2, 0) is 22.7 Å². The van der Waals surface area contributed by atoms with Gasteiger partial charge in [0.25, 0.3) is 11.1 Å². The van der Waals surface area contributed by atoms with E-state index < -0.39 is 5.91 Å². The summed E-state index contributed by atoms with van der Waals surface area (Å²) in [5.74, 6) is -0.855. The molecule has 4 rings (SSSR count). The van der Waals surface area contributed by atoms with Gasteiger partial charge in [-0.3, -0.25) is 19.3 Å². The van der Waals surface area contributed by atoms with E-state index in [2.05, 4.69) is 0 Å². The van der Waals surface area contributed by atoms with Gasteiger partial charge in [-0.25, -0.2) is 0 Å². The Balaban J connectivity index is 1.65. The second-order valence-corrected chi connectivity index (χ2v) is 8.52. The Hall–Kier alpha value is -2.74. The van der Waals surface area contributed by atoms with Crippen molar-refractivity contribution >= 4 is 69.0 Å². The molecule has 1 saturated heterocycles. The van der Waals surface area contributed by atoms with Gasteiger partial charge in [0.1, 0.15) is 6.54 Å². The van der Waals surface area contributed by atoms with E-state index in [4.69, 9.17) is 28.9 Å². The molecule has 1 aliphatic rings. The fourth-order valence-corrected chi connectivity index (χ4v) is 4.44. The largest absolute Gasteiger partial charge is 0.368 e. The Bertz CT molecular complexity index is 1240. The molecule has 3 amide bonds. The van der Waals surface area contributed by atoms with Crippen LogP contribution in [0.4, 0.5) is 4.79 Å². The average molecular weight is 460 g/mol. The summed E-state index contributed by atoms with van der Waals surface area (Å²) in [6.45, 7) is 0.121. The molecule has 2 N–H and O–H groups in total. The van der Waals surface area contributed by atoms with Crippen molar-refractivity contribution < 1.29 is 14.4 Å². The van der Waals surface area contributed by atoms with Crippen molar-refractivity contribution in [3.05, 3.63) is 74.7 Å². The molecular weight excluding hydrogens is 445 g/mol. The summed E-state index contributed by atoms with van der Waals surface area (Å²) in [5.41, 5.74) is 7.58. The number of para-hydroxylation sites is 1.